The van der Waals surface area contributed by atoms with Gasteiger partial charge in [-0.1, -0.05) is 24.3 Å². The van der Waals surface area contributed by atoms with Gasteiger partial charge in [-0.2, -0.15) is 5.26 Å². The number of carbonyl (C=O) groups is 1. The molecule has 0 aliphatic rings. The van der Waals surface area contributed by atoms with Gasteiger partial charge in [-0.05, 0) is 17.5 Å². The van der Waals surface area contributed by atoms with Crippen molar-refractivity contribution in [2.75, 3.05) is 0 Å². The fourth-order valence-electron chi connectivity index (χ4n) is 1.33. The molecule has 1 N–H and O–H groups in total. The van der Waals surface area contributed by atoms with E-state index in [-0.39, 0.29) is 6.42 Å². The Bertz CT molecular complexity index is 366. The zero-order valence-electron chi connectivity index (χ0n) is 7.73. The van der Waals surface area contributed by atoms with Gasteiger partial charge in [0.05, 0.1) is 12.5 Å². The van der Waals surface area contributed by atoms with Gasteiger partial charge in [0.2, 0.25) is 0 Å². The van der Waals surface area contributed by atoms with Crippen molar-refractivity contribution in [3.05, 3.63) is 35.4 Å². The highest BCUT2D eigenvalue weighted by atomic mass is 16.4. The maximum absolute atomic E-state index is 10.5. The summed E-state index contributed by atoms with van der Waals surface area (Å²) in [6.07, 6.45) is 1.08. The molecule has 0 heterocycles. The van der Waals surface area contributed by atoms with Crippen LogP contribution in [0.15, 0.2) is 24.3 Å². The Kier molecular flexibility index (Phi) is 3.69. The largest absolute Gasteiger partial charge is 0.481 e. The van der Waals surface area contributed by atoms with Crippen LogP contribution in [0.2, 0.25) is 0 Å². The molecule has 72 valence electrons. The van der Waals surface area contributed by atoms with E-state index in [4.69, 9.17) is 10.4 Å². The van der Waals surface area contributed by atoms with Crippen LogP contribution in [0.1, 0.15) is 17.5 Å². The summed E-state index contributed by atoms with van der Waals surface area (Å²) in [7, 11) is 0. The minimum absolute atomic E-state index is 0.0294. The topological polar surface area (TPSA) is 61.1 Å². The first-order chi connectivity index (χ1) is 6.74. The van der Waals surface area contributed by atoms with Crippen LogP contribution in [0.25, 0.3) is 0 Å². The summed E-state index contributed by atoms with van der Waals surface area (Å²) in [4.78, 5) is 10.5. The number of nitrogens with zero attached hydrogens (tertiary/aromatic N) is 1. The van der Waals surface area contributed by atoms with Crippen molar-refractivity contribution in [2.24, 2.45) is 0 Å². The van der Waals surface area contributed by atoms with Crippen molar-refractivity contribution < 1.29 is 9.90 Å². The Hall–Kier alpha value is -1.82. The zero-order chi connectivity index (χ0) is 10.4. The van der Waals surface area contributed by atoms with Crippen LogP contribution in [0, 0.1) is 11.3 Å². The molecule has 3 heteroatoms. The summed E-state index contributed by atoms with van der Waals surface area (Å²) < 4.78 is 0. The first kappa shape index (κ1) is 10.3. The van der Waals surface area contributed by atoms with Gasteiger partial charge in [-0.15, -0.1) is 0 Å². The average Bonchev–Trinajstić information content (AvgIpc) is 2.16. The first-order valence-electron chi connectivity index (χ1n) is 4.39. The zero-order valence-corrected chi connectivity index (χ0v) is 7.73. The SMILES string of the molecule is N#CCCc1ccccc1CC(=O)O. The van der Waals surface area contributed by atoms with E-state index in [1.165, 1.54) is 0 Å². The Balaban J connectivity index is 2.81. The highest BCUT2D eigenvalue weighted by Crippen LogP contribution is 2.11. The van der Waals surface area contributed by atoms with Crippen LogP contribution >= 0.6 is 0 Å². The van der Waals surface area contributed by atoms with Gasteiger partial charge in [0, 0.05) is 6.42 Å². The molecule has 0 spiro atoms. The quantitative estimate of drug-likeness (QED) is 0.785. The first-order valence-corrected chi connectivity index (χ1v) is 4.39. The molecule has 1 rings (SSSR count). The minimum Gasteiger partial charge on any atom is -0.481 e. The number of carboxylic acids is 1. The number of aliphatic carboxylic acids is 1. The normalized spacial score (nSPS) is 9.36. The third-order valence-electron chi connectivity index (χ3n) is 1.97. The predicted molar refractivity (Wildman–Crippen MR) is 51.7 cm³/mol. The van der Waals surface area contributed by atoms with Gasteiger partial charge in [-0.25, -0.2) is 0 Å². The van der Waals surface area contributed by atoms with Gasteiger partial charge in [0.25, 0.3) is 0 Å². The van der Waals surface area contributed by atoms with Crippen LogP contribution in [-0.4, -0.2) is 11.1 Å². The fourth-order valence-corrected chi connectivity index (χ4v) is 1.33. The van der Waals surface area contributed by atoms with E-state index in [9.17, 15) is 4.79 Å². The van der Waals surface area contributed by atoms with Crippen molar-refractivity contribution in [3.8, 4) is 6.07 Å². The molecule has 0 fully saturated rings. The number of hydrogen-bond acceptors (Lipinski definition) is 2. The molecule has 0 bridgehead atoms. The van der Waals surface area contributed by atoms with E-state index in [2.05, 4.69) is 0 Å². The van der Waals surface area contributed by atoms with Crippen LogP contribution < -0.4 is 0 Å². The van der Waals surface area contributed by atoms with Crippen LogP contribution in [-0.2, 0) is 17.6 Å². The maximum Gasteiger partial charge on any atom is 0.307 e. The van der Waals surface area contributed by atoms with Crippen LogP contribution in [0.4, 0.5) is 0 Å². The van der Waals surface area contributed by atoms with E-state index < -0.39 is 5.97 Å². The van der Waals surface area contributed by atoms with Gasteiger partial charge < -0.3 is 5.11 Å². The smallest absolute Gasteiger partial charge is 0.307 e. The summed E-state index contributed by atoms with van der Waals surface area (Å²) in [5.74, 6) is -0.839. The van der Waals surface area contributed by atoms with Crippen molar-refractivity contribution in [2.45, 2.75) is 19.3 Å². The van der Waals surface area contributed by atoms with E-state index in [0.29, 0.717) is 12.8 Å². The van der Waals surface area contributed by atoms with Crippen LogP contribution in [0.3, 0.4) is 0 Å². The van der Waals surface area contributed by atoms with Crippen LogP contribution in [0.5, 0.6) is 0 Å². The van der Waals surface area contributed by atoms with E-state index >= 15 is 0 Å². The van der Waals surface area contributed by atoms with E-state index in [1.807, 2.05) is 24.3 Å². The molecule has 0 saturated carbocycles. The lowest BCUT2D eigenvalue weighted by atomic mass is 10.0. The van der Waals surface area contributed by atoms with Gasteiger partial charge >= 0.3 is 5.97 Å². The molecule has 0 unspecified atom stereocenters. The molecule has 14 heavy (non-hydrogen) atoms. The number of carboxylic acid groups (broad SMARTS) is 1. The summed E-state index contributed by atoms with van der Waals surface area (Å²) in [5, 5.41) is 17.1. The molecule has 3 nitrogen and oxygen atoms in total. The Morgan fingerprint density at radius 3 is 2.57 bits per heavy atom. The predicted octanol–water partition coefficient (Wildman–Crippen LogP) is 1.77. The third kappa shape index (κ3) is 2.91. The highest BCUT2D eigenvalue weighted by molar-refractivity contribution is 5.70. The second-order valence-corrected chi connectivity index (χ2v) is 3.00. The molecule has 0 amide bonds. The van der Waals surface area contributed by atoms with E-state index in [0.717, 1.165) is 11.1 Å². The minimum atomic E-state index is -0.839. The molecular weight excluding hydrogens is 178 g/mol. The summed E-state index contributed by atoms with van der Waals surface area (Å²) >= 11 is 0. The molecule has 0 aliphatic heterocycles. The molecule has 1 aromatic rings. The Labute approximate surface area is 82.6 Å². The Morgan fingerprint density at radius 1 is 1.36 bits per heavy atom. The summed E-state index contributed by atoms with van der Waals surface area (Å²) in [5.41, 5.74) is 1.76. The average molecular weight is 189 g/mol. The highest BCUT2D eigenvalue weighted by Gasteiger charge is 2.05. The molecule has 0 radical (unpaired) electrons. The molecule has 0 saturated heterocycles. The van der Waals surface area contributed by atoms with Crippen molar-refractivity contribution in [1.82, 2.24) is 0 Å². The Morgan fingerprint density at radius 2 is 2.00 bits per heavy atom. The number of aryl methyl sites for hydroxylation is 1. The lowest BCUT2D eigenvalue weighted by molar-refractivity contribution is -0.136. The number of rotatable bonds is 4. The number of benzene rings is 1. The second-order valence-electron chi connectivity index (χ2n) is 3.00. The summed E-state index contributed by atoms with van der Waals surface area (Å²) in [6.45, 7) is 0. The second kappa shape index (κ2) is 5.03. The number of nitriles is 1. The molecule has 0 aliphatic carbocycles. The van der Waals surface area contributed by atoms with Gasteiger partial charge in [0.15, 0.2) is 0 Å². The maximum atomic E-state index is 10.5. The van der Waals surface area contributed by atoms with E-state index in [1.54, 1.807) is 6.07 Å². The van der Waals surface area contributed by atoms with Crippen molar-refractivity contribution in [3.63, 3.8) is 0 Å². The van der Waals surface area contributed by atoms with Crippen molar-refractivity contribution >= 4 is 5.97 Å². The lowest BCUT2D eigenvalue weighted by Crippen LogP contribution is -2.03. The lowest BCUT2D eigenvalue weighted by Gasteiger charge is -2.04. The summed E-state index contributed by atoms with van der Waals surface area (Å²) in [6, 6.07) is 9.39. The fraction of sp³-hybridized carbons (Fsp3) is 0.273. The molecular formula is C11H11NO2. The number of hydrogen-bond donors (Lipinski definition) is 1. The molecule has 1 aromatic carbocycles. The third-order valence-corrected chi connectivity index (χ3v) is 1.97. The monoisotopic (exact) mass is 189 g/mol. The standard InChI is InChI=1S/C11H11NO2/c12-7-3-6-9-4-1-2-5-10(9)8-11(13)14/h1-2,4-5H,3,6,8H2,(H,13,14). The molecule has 0 atom stereocenters. The molecule has 0 aromatic heterocycles. The van der Waals surface area contributed by atoms with Crippen molar-refractivity contribution in [1.29, 1.82) is 5.26 Å². The van der Waals surface area contributed by atoms with Gasteiger partial charge in [-0.3, -0.25) is 4.79 Å². The van der Waals surface area contributed by atoms with Gasteiger partial charge in [0.1, 0.15) is 0 Å².